The molecule has 2 amide bonds. The normalized spacial score (nSPS) is 16.2. The summed E-state index contributed by atoms with van der Waals surface area (Å²) in [5.74, 6) is -1.14. The number of carbonyl (C=O) groups excluding carboxylic acids is 3. The first-order valence-electron chi connectivity index (χ1n) is 10.1. The second-order valence-corrected chi connectivity index (χ2v) is 7.53. The molecule has 2 aromatic rings. The molecule has 0 bridgehead atoms. The van der Waals surface area contributed by atoms with E-state index in [4.69, 9.17) is 9.26 Å². The van der Waals surface area contributed by atoms with Crippen molar-refractivity contribution in [1.82, 2.24) is 15.0 Å². The summed E-state index contributed by atoms with van der Waals surface area (Å²) in [6.07, 6.45) is 1.44. The van der Waals surface area contributed by atoms with Crippen molar-refractivity contribution in [1.29, 1.82) is 0 Å². The zero-order chi connectivity index (χ0) is 21.7. The van der Waals surface area contributed by atoms with Gasteiger partial charge in [0.05, 0.1) is 19.1 Å². The minimum atomic E-state index is -0.423. The number of aromatic nitrogens is 1. The zero-order valence-corrected chi connectivity index (χ0v) is 17.6. The third-order valence-electron chi connectivity index (χ3n) is 5.18. The molecule has 3 rings (SSSR count). The Balaban J connectivity index is 1.59. The molecule has 1 aromatic heterocycles. The van der Waals surface area contributed by atoms with Crippen molar-refractivity contribution >= 4 is 17.8 Å². The molecule has 160 valence electrons. The van der Waals surface area contributed by atoms with Crippen molar-refractivity contribution in [2.75, 3.05) is 33.3 Å². The molecule has 1 atom stereocenters. The first kappa shape index (κ1) is 21.5. The molecular formula is C22H27N3O5. The zero-order valence-electron chi connectivity index (χ0n) is 17.6. The smallest absolute Gasteiger partial charge is 0.310 e. The van der Waals surface area contributed by atoms with E-state index in [0.29, 0.717) is 31.8 Å². The van der Waals surface area contributed by atoms with Gasteiger partial charge in [0.25, 0.3) is 5.91 Å². The highest BCUT2D eigenvalue weighted by atomic mass is 16.5. The van der Waals surface area contributed by atoms with E-state index in [1.165, 1.54) is 4.90 Å². The van der Waals surface area contributed by atoms with Crippen molar-refractivity contribution in [2.24, 2.45) is 5.92 Å². The van der Waals surface area contributed by atoms with Crippen molar-refractivity contribution in [3.63, 3.8) is 0 Å². The molecule has 1 aromatic carbocycles. The molecule has 0 spiro atoms. The highest BCUT2D eigenvalue weighted by Gasteiger charge is 2.30. The highest BCUT2D eigenvalue weighted by Crippen LogP contribution is 2.21. The number of carbonyl (C=O) groups is 3. The monoisotopic (exact) mass is 413 g/mol. The molecule has 1 unspecified atom stereocenters. The van der Waals surface area contributed by atoms with Crippen LogP contribution < -0.4 is 0 Å². The van der Waals surface area contributed by atoms with Crippen molar-refractivity contribution < 1.29 is 23.6 Å². The van der Waals surface area contributed by atoms with Gasteiger partial charge in [0, 0.05) is 31.8 Å². The lowest BCUT2D eigenvalue weighted by atomic mass is 9.98. The maximum absolute atomic E-state index is 12.7. The molecule has 0 saturated carbocycles. The SMILES string of the molecule is CCOC(=O)C1CCCN(C(=O)CN(C)C(=O)c2cc(-c3ccc(C)cc3)no2)C1. The summed E-state index contributed by atoms with van der Waals surface area (Å²) in [5.41, 5.74) is 2.53. The van der Waals surface area contributed by atoms with Crippen LogP contribution in [0.15, 0.2) is 34.9 Å². The summed E-state index contributed by atoms with van der Waals surface area (Å²) in [6, 6.07) is 9.30. The molecular weight excluding hydrogens is 386 g/mol. The van der Waals surface area contributed by atoms with Crippen molar-refractivity contribution in [3.05, 3.63) is 41.7 Å². The molecule has 0 N–H and O–H groups in total. The van der Waals surface area contributed by atoms with E-state index in [2.05, 4.69) is 5.16 Å². The Hall–Kier alpha value is -3.16. The lowest BCUT2D eigenvalue weighted by molar-refractivity contribution is -0.151. The highest BCUT2D eigenvalue weighted by molar-refractivity contribution is 5.94. The van der Waals surface area contributed by atoms with E-state index >= 15 is 0 Å². The van der Waals surface area contributed by atoms with Crippen LogP contribution >= 0.6 is 0 Å². The third kappa shape index (κ3) is 5.06. The second kappa shape index (κ2) is 9.56. The summed E-state index contributed by atoms with van der Waals surface area (Å²) in [6.45, 7) is 4.86. The molecule has 2 heterocycles. The molecule has 0 radical (unpaired) electrons. The Bertz CT molecular complexity index is 906. The quantitative estimate of drug-likeness (QED) is 0.676. The maximum atomic E-state index is 12.7. The van der Waals surface area contributed by atoms with Crippen LogP contribution in [0.1, 0.15) is 35.9 Å². The number of ether oxygens (including phenoxy) is 1. The number of esters is 1. The average Bonchev–Trinajstić information content (AvgIpc) is 3.24. The lowest BCUT2D eigenvalue weighted by Gasteiger charge is -2.32. The fourth-order valence-electron chi connectivity index (χ4n) is 3.46. The Labute approximate surface area is 175 Å². The van der Waals surface area contributed by atoms with Crippen LogP contribution in [0.2, 0.25) is 0 Å². The van der Waals surface area contributed by atoms with Gasteiger partial charge in [0.15, 0.2) is 0 Å². The first-order chi connectivity index (χ1) is 14.4. The van der Waals surface area contributed by atoms with E-state index in [9.17, 15) is 14.4 Å². The predicted molar refractivity (Wildman–Crippen MR) is 110 cm³/mol. The van der Waals surface area contributed by atoms with E-state index in [0.717, 1.165) is 17.5 Å². The van der Waals surface area contributed by atoms with Crippen LogP contribution in [-0.2, 0) is 14.3 Å². The van der Waals surface area contributed by atoms with Gasteiger partial charge in [0.2, 0.25) is 11.7 Å². The molecule has 0 aliphatic carbocycles. The van der Waals surface area contributed by atoms with Gasteiger partial charge in [-0.25, -0.2) is 0 Å². The number of nitrogens with zero attached hydrogens (tertiary/aromatic N) is 3. The topological polar surface area (TPSA) is 93.0 Å². The second-order valence-electron chi connectivity index (χ2n) is 7.53. The van der Waals surface area contributed by atoms with Gasteiger partial charge in [-0.2, -0.15) is 0 Å². The van der Waals surface area contributed by atoms with Gasteiger partial charge in [-0.1, -0.05) is 35.0 Å². The van der Waals surface area contributed by atoms with Crippen molar-refractivity contribution in [2.45, 2.75) is 26.7 Å². The van der Waals surface area contributed by atoms with Gasteiger partial charge >= 0.3 is 5.97 Å². The lowest BCUT2D eigenvalue weighted by Crippen LogP contribution is -2.47. The molecule has 1 saturated heterocycles. The Morgan fingerprint density at radius 3 is 2.70 bits per heavy atom. The summed E-state index contributed by atoms with van der Waals surface area (Å²) < 4.78 is 10.3. The van der Waals surface area contributed by atoms with Gasteiger partial charge in [0.1, 0.15) is 5.69 Å². The number of rotatable bonds is 6. The van der Waals surface area contributed by atoms with Gasteiger partial charge in [-0.05, 0) is 26.7 Å². The molecule has 30 heavy (non-hydrogen) atoms. The van der Waals surface area contributed by atoms with E-state index in [-0.39, 0.29) is 30.1 Å². The van der Waals surface area contributed by atoms with Crippen LogP contribution in [0, 0.1) is 12.8 Å². The van der Waals surface area contributed by atoms with E-state index < -0.39 is 5.91 Å². The van der Waals surface area contributed by atoms with Crippen LogP contribution in [0.3, 0.4) is 0 Å². The fraction of sp³-hybridized carbons (Fsp3) is 0.455. The van der Waals surface area contributed by atoms with E-state index in [1.807, 2.05) is 31.2 Å². The third-order valence-corrected chi connectivity index (χ3v) is 5.18. The average molecular weight is 413 g/mol. The Morgan fingerprint density at radius 2 is 2.00 bits per heavy atom. The number of aryl methyl sites for hydroxylation is 1. The standard InChI is InChI=1S/C22H27N3O5/c1-4-29-22(28)17-6-5-11-25(13-17)20(26)14-24(3)21(27)19-12-18(23-30-19)16-9-7-15(2)8-10-16/h7-10,12,17H,4-6,11,13-14H2,1-3H3. The molecule has 1 aliphatic rings. The number of likely N-dealkylation sites (N-methyl/N-ethyl adjacent to an activating group) is 1. The number of benzene rings is 1. The predicted octanol–water partition coefficient (Wildman–Crippen LogP) is 2.52. The van der Waals surface area contributed by atoms with E-state index in [1.54, 1.807) is 24.9 Å². The summed E-state index contributed by atoms with van der Waals surface area (Å²) >= 11 is 0. The van der Waals surface area contributed by atoms with Gasteiger partial charge < -0.3 is 19.1 Å². The molecule has 8 nitrogen and oxygen atoms in total. The molecule has 8 heteroatoms. The number of likely N-dealkylation sites (tertiary alicyclic amines) is 1. The van der Waals surface area contributed by atoms with Crippen molar-refractivity contribution in [3.8, 4) is 11.3 Å². The van der Waals surface area contributed by atoms with Crippen LogP contribution in [0.25, 0.3) is 11.3 Å². The van der Waals surface area contributed by atoms with Gasteiger partial charge in [-0.3, -0.25) is 14.4 Å². The largest absolute Gasteiger partial charge is 0.466 e. The van der Waals surface area contributed by atoms with Crippen LogP contribution in [0.4, 0.5) is 0 Å². The number of hydrogen-bond acceptors (Lipinski definition) is 6. The minimum absolute atomic E-state index is 0.0731. The summed E-state index contributed by atoms with van der Waals surface area (Å²) in [7, 11) is 1.54. The maximum Gasteiger partial charge on any atom is 0.310 e. The minimum Gasteiger partial charge on any atom is -0.466 e. The summed E-state index contributed by atoms with van der Waals surface area (Å²) in [4.78, 5) is 40.2. The van der Waals surface area contributed by atoms with Crippen LogP contribution in [-0.4, -0.2) is 66.0 Å². The van der Waals surface area contributed by atoms with Crippen LogP contribution in [0.5, 0.6) is 0 Å². The number of amides is 2. The van der Waals surface area contributed by atoms with Gasteiger partial charge in [-0.15, -0.1) is 0 Å². The molecule has 1 aliphatic heterocycles. The Kier molecular flexibility index (Phi) is 6.87. The number of hydrogen-bond donors (Lipinski definition) is 0. The number of piperidine rings is 1. The molecule has 1 fully saturated rings. The first-order valence-corrected chi connectivity index (χ1v) is 10.1. The Morgan fingerprint density at radius 1 is 1.27 bits per heavy atom. The summed E-state index contributed by atoms with van der Waals surface area (Å²) in [5, 5.41) is 3.97. The fourth-order valence-corrected chi connectivity index (χ4v) is 3.46.